The second kappa shape index (κ2) is 12.4. The molecule has 0 radical (unpaired) electrons. The first kappa shape index (κ1) is 27.6. The van der Waals surface area contributed by atoms with Gasteiger partial charge in [0, 0.05) is 31.5 Å². The summed E-state index contributed by atoms with van der Waals surface area (Å²) in [5.74, 6) is -0.324. The largest absolute Gasteiger partial charge is 0.493 e. The first-order valence-electron chi connectivity index (χ1n) is 13.2. The molecule has 2 aromatic rings. The average molecular weight is 525 g/mol. The number of hydrogen-bond donors (Lipinski definition) is 0. The zero-order valence-electron chi connectivity index (χ0n) is 22.4. The normalized spacial score (nSPS) is 23.1. The van der Waals surface area contributed by atoms with Gasteiger partial charge in [0.1, 0.15) is 17.5 Å². The Morgan fingerprint density at radius 1 is 0.711 bits per heavy atom. The molecule has 0 spiro atoms. The highest BCUT2D eigenvalue weighted by molar-refractivity contribution is 6.16. The molecule has 4 rings (SSSR count). The monoisotopic (exact) mass is 524 g/mol. The van der Waals surface area contributed by atoms with Crippen LogP contribution < -0.4 is 14.4 Å². The SMILES string of the molecule is CCCCOc1ccc([C@@H]2C(N3C(=O)[C@H](OC)[C@@H](OC)C3=O)C(=O)N2c2ccccc2)c(OCCCC)c1. The summed E-state index contributed by atoms with van der Waals surface area (Å²) >= 11 is 0. The molecule has 204 valence electrons. The Kier molecular flexibility index (Phi) is 9.01. The van der Waals surface area contributed by atoms with Crippen LogP contribution in [0.25, 0.3) is 0 Å². The van der Waals surface area contributed by atoms with E-state index in [0.717, 1.165) is 30.6 Å². The molecule has 4 atom stereocenters. The number of rotatable bonds is 13. The molecule has 0 saturated carbocycles. The Morgan fingerprint density at radius 2 is 1.32 bits per heavy atom. The van der Waals surface area contributed by atoms with Gasteiger partial charge in [0.25, 0.3) is 17.7 Å². The molecule has 2 fully saturated rings. The summed E-state index contributed by atoms with van der Waals surface area (Å²) in [6.07, 6.45) is 1.52. The number of unbranched alkanes of at least 4 members (excludes halogenated alkanes) is 2. The Labute approximate surface area is 223 Å². The minimum Gasteiger partial charge on any atom is -0.493 e. The number of carbonyl (C=O) groups excluding carboxylic acids is 3. The van der Waals surface area contributed by atoms with Gasteiger partial charge in [0.15, 0.2) is 12.2 Å². The quantitative estimate of drug-likeness (QED) is 0.223. The van der Waals surface area contributed by atoms with Crippen LogP contribution in [-0.2, 0) is 23.9 Å². The van der Waals surface area contributed by atoms with E-state index in [1.54, 1.807) is 4.90 Å². The van der Waals surface area contributed by atoms with Crippen LogP contribution in [0.15, 0.2) is 48.5 Å². The van der Waals surface area contributed by atoms with E-state index in [9.17, 15) is 14.4 Å². The molecule has 3 amide bonds. The van der Waals surface area contributed by atoms with Crippen molar-refractivity contribution >= 4 is 23.4 Å². The number of ether oxygens (including phenoxy) is 4. The first-order valence-corrected chi connectivity index (χ1v) is 13.2. The Hall–Kier alpha value is -3.43. The highest BCUT2D eigenvalue weighted by Crippen LogP contribution is 2.47. The molecule has 9 heteroatoms. The van der Waals surface area contributed by atoms with Gasteiger partial charge >= 0.3 is 0 Å². The van der Waals surface area contributed by atoms with Crippen molar-refractivity contribution in [3.05, 3.63) is 54.1 Å². The molecule has 0 bridgehead atoms. The van der Waals surface area contributed by atoms with Crippen molar-refractivity contribution in [3.63, 3.8) is 0 Å². The third kappa shape index (κ3) is 5.13. The van der Waals surface area contributed by atoms with E-state index in [-0.39, 0.29) is 5.91 Å². The summed E-state index contributed by atoms with van der Waals surface area (Å²) in [6, 6.07) is 13.0. The van der Waals surface area contributed by atoms with Crippen LogP contribution >= 0.6 is 0 Å². The first-order chi connectivity index (χ1) is 18.5. The molecular formula is C29H36N2O7. The zero-order chi connectivity index (χ0) is 27.2. The maximum absolute atomic E-state index is 13.7. The number of anilines is 1. The summed E-state index contributed by atoms with van der Waals surface area (Å²) in [5, 5.41) is 0. The third-order valence-corrected chi connectivity index (χ3v) is 6.95. The van der Waals surface area contributed by atoms with Crippen molar-refractivity contribution in [2.45, 2.75) is 63.8 Å². The number of likely N-dealkylation sites (tertiary alicyclic amines) is 1. The van der Waals surface area contributed by atoms with Crippen LogP contribution in [0.4, 0.5) is 5.69 Å². The lowest BCUT2D eigenvalue weighted by Gasteiger charge is -2.50. The molecular weight excluding hydrogens is 488 g/mol. The molecule has 2 saturated heterocycles. The molecule has 1 unspecified atom stereocenters. The van der Waals surface area contributed by atoms with Gasteiger partial charge in [0.05, 0.1) is 19.3 Å². The molecule has 2 aliphatic heterocycles. The van der Waals surface area contributed by atoms with Gasteiger partial charge in [-0.15, -0.1) is 0 Å². The van der Waals surface area contributed by atoms with Gasteiger partial charge in [0.2, 0.25) is 0 Å². The molecule has 0 aromatic heterocycles. The Balaban J connectivity index is 1.77. The number of nitrogens with zero attached hydrogens (tertiary/aromatic N) is 2. The molecule has 2 heterocycles. The predicted octanol–water partition coefficient (Wildman–Crippen LogP) is 3.90. The molecule has 2 aromatic carbocycles. The predicted molar refractivity (Wildman–Crippen MR) is 141 cm³/mol. The van der Waals surface area contributed by atoms with E-state index >= 15 is 0 Å². The van der Waals surface area contributed by atoms with Gasteiger partial charge in [-0.2, -0.15) is 0 Å². The summed E-state index contributed by atoms with van der Waals surface area (Å²) in [6.45, 7) is 5.24. The minimum absolute atomic E-state index is 0.364. The smallest absolute Gasteiger partial charge is 0.262 e. The second-order valence-corrected chi connectivity index (χ2v) is 9.40. The van der Waals surface area contributed by atoms with Crippen molar-refractivity contribution in [1.29, 1.82) is 0 Å². The summed E-state index contributed by atoms with van der Waals surface area (Å²) in [7, 11) is 2.69. The maximum atomic E-state index is 13.7. The fraction of sp³-hybridized carbons (Fsp3) is 0.483. The highest BCUT2D eigenvalue weighted by atomic mass is 16.5. The minimum atomic E-state index is -1.11. The van der Waals surface area contributed by atoms with Crippen LogP contribution in [0, 0.1) is 0 Å². The number of methoxy groups -OCH3 is 2. The van der Waals surface area contributed by atoms with Gasteiger partial charge in [-0.25, -0.2) is 0 Å². The number of amides is 3. The molecule has 0 N–H and O–H groups in total. The zero-order valence-corrected chi connectivity index (χ0v) is 22.4. The van der Waals surface area contributed by atoms with E-state index in [1.165, 1.54) is 14.2 Å². The average Bonchev–Trinajstić information content (AvgIpc) is 3.17. The molecule has 38 heavy (non-hydrogen) atoms. The van der Waals surface area contributed by atoms with Crippen LogP contribution in [0.1, 0.15) is 51.1 Å². The maximum Gasteiger partial charge on any atom is 0.262 e. The van der Waals surface area contributed by atoms with E-state index in [1.807, 2.05) is 48.5 Å². The number of hydrogen-bond acceptors (Lipinski definition) is 7. The molecule has 9 nitrogen and oxygen atoms in total. The van der Waals surface area contributed by atoms with E-state index in [2.05, 4.69) is 13.8 Å². The van der Waals surface area contributed by atoms with Crippen molar-refractivity contribution < 1.29 is 33.3 Å². The van der Waals surface area contributed by atoms with E-state index in [4.69, 9.17) is 18.9 Å². The number of imide groups is 1. The van der Waals surface area contributed by atoms with Crippen LogP contribution in [0.5, 0.6) is 11.5 Å². The lowest BCUT2D eigenvalue weighted by molar-refractivity contribution is -0.153. The topological polar surface area (TPSA) is 94.6 Å². The number of β-lactam (4-membered cyclic amide) rings is 1. The number of carbonyl (C=O) groups is 3. The van der Waals surface area contributed by atoms with Crippen LogP contribution in [0.3, 0.4) is 0 Å². The molecule has 0 aliphatic carbocycles. The summed E-state index contributed by atoms with van der Waals surface area (Å²) < 4.78 is 22.7. The third-order valence-electron chi connectivity index (χ3n) is 6.95. The summed E-state index contributed by atoms with van der Waals surface area (Å²) in [5.41, 5.74) is 1.35. The van der Waals surface area contributed by atoms with Gasteiger partial charge < -0.3 is 23.8 Å². The highest BCUT2D eigenvalue weighted by Gasteiger charge is 2.61. The van der Waals surface area contributed by atoms with E-state index < -0.39 is 36.1 Å². The lowest BCUT2D eigenvalue weighted by atomic mass is 9.85. The standard InChI is InChI=1S/C29H36N2O7/c1-5-7-16-37-20-14-15-21(22(18-20)38-17-8-6-2)23-24(27(32)30(23)19-12-10-9-11-13-19)31-28(33)25(35-3)26(36-4)29(31)34/h9-15,18,23-26H,5-8,16-17H2,1-4H3/t23-,24?,25-,26-/m1/s1. The van der Waals surface area contributed by atoms with Gasteiger partial charge in [-0.05, 0) is 37.1 Å². The Bertz CT molecular complexity index is 1120. The number of para-hydroxylation sites is 1. The van der Waals surface area contributed by atoms with Gasteiger partial charge in [-0.1, -0.05) is 44.9 Å². The Morgan fingerprint density at radius 3 is 1.89 bits per heavy atom. The van der Waals surface area contributed by atoms with Crippen molar-refractivity contribution in [1.82, 2.24) is 4.90 Å². The van der Waals surface area contributed by atoms with Gasteiger partial charge in [-0.3, -0.25) is 19.3 Å². The number of benzene rings is 2. The van der Waals surface area contributed by atoms with Crippen LogP contribution in [0.2, 0.25) is 0 Å². The van der Waals surface area contributed by atoms with Crippen molar-refractivity contribution in [2.24, 2.45) is 0 Å². The summed E-state index contributed by atoms with van der Waals surface area (Å²) in [4.78, 5) is 42.9. The fourth-order valence-corrected chi connectivity index (χ4v) is 4.91. The second-order valence-electron chi connectivity index (χ2n) is 9.40. The lowest BCUT2D eigenvalue weighted by Crippen LogP contribution is -2.67. The van der Waals surface area contributed by atoms with E-state index in [0.29, 0.717) is 36.0 Å². The van der Waals surface area contributed by atoms with Crippen LogP contribution in [-0.4, -0.2) is 68.3 Å². The van der Waals surface area contributed by atoms with Crippen molar-refractivity contribution in [2.75, 3.05) is 32.3 Å². The van der Waals surface area contributed by atoms with Crippen molar-refractivity contribution in [3.8, 4) is 11.5 Å². The fourth-order valence-electron chi connectivity index (χ4n) is 4.91. The molecule has 2 aliphatic rings.